The third-order valence-corrected chi connectivity index (χ3v) is 4.91. The number of rotatable bonds is 4. The number of benzene rings is 1. The van der Waals surface area contributed by atoms with Gasteiger partial charge in [-0.15, -0.1) is 0 Å². The van der Waals surface area contributed by atoms with E-state index in [9.17, 15) is 9.50 Å². The second-order valence-corrected chi connectivity index (χ2v) is 5.74. The monoisotopic (exact) mass is 265 g/mol. The van der Waals surface area contributed by atoms with E-state index in [0.717, 1.165) is 25.7 Å². The summed E-state index contributed by atoms with van der Waals surface area (Å²) in [4.78, 5) is 0. The Morgan fingerprint density at radius 3 is 2.42 bits per heavy atom. The van der Waals surface area contributed by atoms with E-state index in [2.05, 4.69) is 0 Å². The molecule has 1 unspecified atom stereocenters. The SMILES string of the molecule is CCC(O)(c1ccccc1F)C1(CN)CCCCC1. The van der Waals surface area contributed by atoms with E-state index in [0.29, 0.717) is 18.5 Å². The molecule has 3 N–H and O–H groups in total. The molecule has 0 amide bonds. The lowest BCUT2D eigenvalue weighted by Crippen LogP contribution is -2.51. The molecule has 0 spiro atoms. The average Bonchev–Trinajstić information content (AvgIpc) is 2.47. The van der Waals surface area contributed by atoms with Gasteiger partial charge < -0.3 is 10.8 Å². The highest BCUT2D eigenvalue weighted by molar-refractivity contribution is 5.27. The van der Waals surface area contributed by atoms with Gasteiger partial charge in [-0.3, -0.25) is 0 Å². The molecule has 0 radical (unpaired) electrons. The molecule has 1 aliphatic carbocycles. The number of nitrogens with two attached hydrogens (primary N) is 1. The minimum Gasteiger partial charge on any atom is -0.384 e. The minimum absolute atomic E-state index is 0.328. The maximum absolute atomic E-state index is 14.1. The lowest BCUT2D eigenvalue weighted by atomic mass is 9.60. The Hall–Kier alpha value is -0.930. The van der Waals surface area contributed by atoms with Crippen LogP contribution in [0.4, 0.5) is 4.39 Å². The molecule has 0 aliphatic heterocycles. The zero-order valence-corrected chi connectivity index (χ0v) is 11.7. The smallest absolute Gasteiger partial charge is 0.129 e. The first-order valence-electron chi connectivity index (χ1n) is 7.27. The molecule has 1 fully saturated rings. The molecule has 0 bridgehead atoms. The zero-order valence-electron chi connectivity index (χ0n) is 11.7. The molecule has 106 valence electrons. The Morgan fingerprint density at radius 2 is 1.89 bits per heavy atom. The van der Waals surface area contributed by atoms with Crippen LogP contribution in [0.1, 0.15) is 51.0 Å². The summed E-state index contributed by atoms with van der Waals surface area (Å²) in [5, 5.41) is 11.2. The van der Waals surface area contributed by atoms with Crippen molar-refractivity contribution in [2.45, 2.75) is 51.0 Å². The predicted octanol–water partition coefficient (Wildman–Crippen LogP) is 3.33. The number of aliphatic hydroxyl groups is 1. The van der Waals surface area contributed by atoms with Crippen molar-refractivity contribution in [3.8, 4) is 0 Å². The molecule has 3 heteroatoms. The molecule has 2 rings (SSSR count). The third kappa shape index (κ3) is 2.30. The van der Waals surface area contributed by atoms with Gasteiger partial charge in [0.25, 0.3) is 0 Å². The highest BCUT2D eigenvalue weighted by Crippen LogP contribution is 2.51. The Labute approximate surface area is 114 Å². The third-order valence-electron chi connectivity index (χ3n) is 4.91. The van der Waals surface area contributed by atoms with Crippen LogP contribution in [0.15, 0.2) is 24.3 Å². The fourth-order valence-electron chi connectivity index (χ4n) is 3.66. The van der Waals surface area contributed by atoms with Gasteiger partial charge in [0.05, 0.1) is 5.60 Å². The maximum atomic E-state index is 14.1. The molecule has 1 aromatic rings. The van der Waals surface area contributed by atoms with Crippen molar-refractivity contribution in [3.63, 3.8) is 0 Å². The van der Waals surface area contributed by atoms with Gasteiger partial charge >= 0.3 is 0 Å². The fourth-order valence-corrected chi connectivity index (χ4v) is 3.66. The normalized spacial score (nSPS) is 21.9. The molecule has 0 saturated heterocycles. The van der Waals surface area contributed by atoms with Crippen LogP contribution in [0.25, 0.3) is 0 Å². The highest BCUT2D eigenvalue weighted by Gasteiger charge is 2.50. The molecule has 1 aromatic carbocycles. The lowest BCUT2D eigenvalue weighted by molar-refractivity contribution is -0.111. The Bertz CT molecular complexity index is 429. The van der Waals surface area contributed by atoms with Crippen molar-refractivity contribution in [1.29, 1.82) is 0 Å². The molecule has 19 heavy (non-hydrogen) atoms. The van der Waals surface area contributed by atoms with E-state index < -0.39 is 5.60 Å². The largest absolute Gasteiger partial charge is 0.384 e. The van der Waals surface area contributed by atoms with Crippen molar-refractivity contribution < 1.29 is 9.50 Å². The lowest BCUT2D eigenvalue weighted by Gasteiger charge is -2.49. The number of halogens is 1. The van der Waals surface area contributed by atoms with Crippen LogP contribution in [-0.4, -0.2) is 11.7 Å². The van der Waals surface area contributed by atoms with Gasteiger partial charge in [0, 0.05) is 17.5 Å². The van der Waals surface area contributed by atoms with Gasteiger partial charge in [-0.1, -0.05) is 44.4 Å². The van der Waals surface area contributed by atoms with Crippen molar-refractivity contribution in [2.75, 3.05) is 6.54 Å². The summed E-state index contributed by atoms with van der Waals surface area (Å²) in [5.74, 6) is -0.328. The van der Waals surface area contributed by atoms with Crippen LogP contribution in [0.2, 0.25) is 0 Å². The van der Waals surface area contributed by atoms with Crippen molar-refractivity contribution in [3.05, 3.63) is 35.6 Å². The Morgan fingerprint density at radius 1 is 1.26 bits per heavy atom. The zero-order chi connectivity index (χ0) is 13.9. The van der Waals surface area contributed by atoms with E-state index >= 15 is 0 Å². The van der Waals surface area contributed by atoms with Crippen molar-refractivity contribution in [2.24, 2.45) is 11.1 Å². The van der Waals surface area contributed by atoms with Crippen LogP contribution in [-0.2, 0) is 5.60 Å². The Kier molecular flexibility index (Phi) is 4.26. The van der Waals surface area contributed by atoms with Gasteiger partial charge in [-0.05, 0) is 25.3 Å². The first-order valence-corrected chi connectivity index (χ1v) is 7.27. The number of hydrogen-bond donors (Lipinski definition) is 2. The summed E-state index contributed by atoms with van der Waals surface area (Å²) >= 11 is 0. The van der Waals surface area contributed by atoms with Crippen LogP contribution in [0.3, 0.4) is 0 Å². The molecule has 1 aliphatic rings. The summed E-state index contributed by atoms with van der Waals surface area (Å²) in [6.07, 6.45) is 5.55. The van der Waals surface area contributed by atoms with Crippen molar-refractivity contribution >= 4 is 0 Å². The van der Waals surface area contributed by atoms with Crippen molar-refractivity contribution in [1.82, 2.24) is 0 Å². The maximum Gasteiger partial charge on any atom is 0.129 e. The molecule has 0 aromatic heterocycles. The summed E-state index contributed by atoms with van der Waals surface area (Å²) in [7, 11) is 0. The van der Waals surface area contributed by atoms with Gasteiger partial charge in [-0.25, -0.2) is 4.39 Å². The van der Waals surface area contributed by atoms with E-state index in [4.69, 9.17) is 5.73 Å². The first-order chi connectivity index (χ1) is 9.09. The molecular formula is C16H24FNO. The summed E-state index contributed by atoms with van der Waals surface area (Å²) < 4.78 is 14.1. The number of hydrogen-bond acceptors (Lipinski definition) is 2. The average molecular weight is 265 g/mol. The second kappa shape index (κ2) is 5.59. The van der Waals surface area contributed by atoms with E-state index in [1.54, 1.807) is 18.2 Å². The Balaban J connectivity index is 2.49. The molecule has 1 saturated carbocycles. The van der Waals surface area contributed by atoms with Crippen LogP contribution in [0, 0.1) is 11.2 Å². The molecular weight excluding hydrogens is 241 g/mol. The van der Waals surface area contributed by atoms with Gasteiger partial charge in [-0.2, -0.15) is 0 Å². The van der Waals surface area contributed by atoms with Crippen LogP contribution < -0.4 is 5.73 Å². The molecule has 2 nitrogen and oxygen atoms in total. The molecule has 1 atom stereocenters. The summed E-state index contributed by atoms with van der Waals surface area (Å²) in [5.41, 5.74) is 4.87. The van der Waals surface area contributed by atoms with Gasteiger partial charge in [0.15, 0.2) is 0 Å². The topological polar surface area (TPSA) is 46.2 Å². The van der Waals surface area contributed by atoms with E-state index in [1.807, 2.05) is 6.92 Å². The van der Waals surface area contributed by atoms with Gasteiger partial charge in [0.2, 0.25) is 0 Å². The van der Waals surface area contributed by atoms with Gasteiger partial charge in [0.1, 0.15) is 5.82 Å². The highest BCUT2D eigenvalue weighted by atomic mass is 19.1. The van der Waals surface area contributed by atoms with E-state index in [1.165, 1.54) is 12.5 Å². The standard InChI is InChI=1S/C16H24FNO/c1-2-16(19,13-8-4-5-9-14(13)17)15(12-18)10-6-3-7-11-15/h4-5,8-9,19H,2-3,6-7,10-12,18H2,1H3. The van der Waals surface area contributed by atoms with Crippen LogP contribution >= 0.6 is 0 Å². The molecule has 0 heterocycles. The minimum atomic E-state index is -1.16. The quantitative estimate of drug-likeness (QED) is 0.877. The van der Waals surface area contributed by atoms with Crippen LogP contribution in [0.5, 0.6) is 0 Å². The fraction of sp³-hybridized carbons (Fsp3) is 0.625. The first kappa shape index (κ1) is 14.5. The van der Waals surface area contributed by atoms with E-state index in [-0.39, 0.29) is 11.2 Å². The second-order valence-electron chi connectivity index (χ2n) is 5.74. The predicted molar refractivity (Wildman–Crippen MR) is 75.2 cm³/mol. The summed E-state index contributed by atoms with van der Waals surface area (Å²) in [6, 6.07) is 6.56. The summed E-state index contributed by atoms with van der Waals surface area (Å²) in [6.45, 7) is 2.32.